The Kier molecular flexibility index (Phi) is 7.30. The quantitative estimate of drug-likeness (QED) is 0.542. The summed E-state index contributed by atoms with van der Waals surface area (Å²) in [5.41, 5.74) is 0.353. The molecule has 2 heterocycles. The molecule has 0 saturated carbocycles. The third kappa shape index (κ3) is 5.50. The molecule has 158 valence electrons. The summed E-state index contributed by atoms with van der Waals surface area (Å²) in [6.07, 6.45) is 0.630. The number of anilines is 1. The van der Waals surface area contributed by atoms with Gasteiger partial charge in [-0.3, -0.25) is 9.59 Å². The largest absolute Gasteiger partial charge is 0.437 e. The molecule has 0 fully saturated rings. The Morgan fingerprint density at radius 3 is 2.80 bits per heavy atom. The minimum Gasteiger partial charge on any atom is -0.387 e. The Bertz CT molecular complexity index is 1090. The molecule has 0 aliphatic carbocycles. The number of carbonyl (C=O) groups excluding carboxylic acids is 2. The zero-order valence-electron chi connectivity index (χ0n) is 15.9. The van der Waals surface area contributed by atoms with Crippen LogP contribution in [-0.4, -0.2) is 39.6 Å². The molecule has 0 aliphatic rings. The highest BCUT2D eigenvalue weighted by molar-refractivity contribution is 7.13. The average Bonchev–Trinajstić information content (AvgIpc) is 3.35. The lowest BCUT2D eigenvalue weighted by atomic mass is 10.3. The van der Waals surface area contributed by atoms with Gasteiger partial charge in [-0.1, -0.05) is 36.2 Å². The normalized spacial score (nSPS) is 10.8. The van der Waals surface area contributed by atoms with Crippen molar-refractivity contribution >= 4 is 52.0 Å². The van der Waals surface area contributed by atoms with E-state index in [1.54, 1.807) is 24.3 Å². The lowest BCUT2D eigenvalue weighted by Crippen LogP contribution is -2.41. The van der Waals surface area contributed by atoms with Crippen LogP contribution >= 0.6 is 34.5 Å². The highest BCUT2D eigenvalue weighted by Gasteiger charge is 2.20. The van der Waals surface area contributed by atoms with Gasteiger partial charge in [0.1, 0.15) is 6.54 Å². The van der Waals surface area contributed by atoms with Gasteiger partial charge in [0.15, 0.2) is 0 Å². The molecule has 8 nitrogen and oxygen atoms in total. The van der Waals surface area contributed by atoms with Gasteiger partial charge in [0, 0.05) is 11.6 Å². The maximum Gasteiger partial charge on any atom is 0.437 e. The summed E-state index contributed by atoms with van der Waals surface area (Å²) in [7, 11) is 0. The first-order valence-electron chi connectivity index (χ1n) is 9.02. The molecule has 0 atom stereocenters. The number of hydrogen-bond acceptors (Lipinski definition) is 6. The molecule has 0 bridgehead atoms. The molecule has 0 saturated heterocycles. The summed E-state index contributed by atoms with van der Waals surface area (Å²) in [4.78, 5) is 39.2. The second-order valence-electron chi connectivity index (χ2n) is 6.30. The SMILES string of the molecule is CCCN(CC(=O)Nc1cc(Cl)ccc1Cl)C(=O)Cn1nc(-c2cccs2)oc1=O. The van der Waals surface area contributed by atoms with E-state index in [0.717, 1.165) is 4.68 Å². The number of rotatable bonds is 8. The van der Waals surface area contributed by atoms with Crippen molar-refractivity contribution in [3.05, 3.63) is 56.3 Å². The summed E-state index contributed by atoms with van der Waals surface area (Å²) >= 11 is 13.4. The van der Waals surface area contributed by atoms with Crippen molar-refractivity contribution in [2.45, 2.75) is 19.9 Å². The van der Waals surface area contributed by atoms with Gasteiger partial charge >= 0.3 is 5.76 Å². The van der Waals surface area contributed by atoms with Crippen molar-refractivity contribution < 1.29 is 14.0 Å². The molecular formula is C19H18Cl2N4O4S. The van der Waals surface area contributed by atoms with Crippen LogP contribution in [0.25, 0.3) is 10.8 Å². The first kappa shape index (κ1) is 22.1. The zero-order chi connectivity index (χ0) is 21.7. The van der Waals surface area contributed by atoms with Crippen molar-refractivity contribution in [2.75, 3.05) is 18.4 Å². The van der Waals surface area contributed by atoms with Crippen LogP contribution in [-0.2, 0) is 16.1 Å². The molecule has 30 heavy (non-hydrogen) atoms. The smallest absolute Gasteiger partial charge is 0.387 e. The molecule has 0 spiro atoms. The van der Waals surface area contributed by atoms with Crippen LogP contribution < -0.4 is 11.1 Å². The number of carbonyl (C=O) groups is 2. The van der Waals surface area contributed by atoms with Gasteiger partial charge < -0.3 is 14.6 Å². The number of halogens is 2. The first-order valence-corrected chi connectivity index (χ1v) is 10.7. The highest BCUT2D eigenvalue weighted by Crippen LogP contribution is 2.25. The molecule has 0 radical (unpaired) electrons. The predicted octanol–water partition coefficient (Wildman–Crippen LogP) is 3.75. The van der Waals surface area contributed by atoms with E-state index in [0.29, 0.717) is 33.6 Å². The number of benzene rings is 1. The second kappa shape index (κ2) is 9.92. The van der Waals surface area contributed by atoms with E-state index in [4.69, 9.17) is 27.6 Å². The number of nitrogens with zero attached hydrogens (tertiary/aromatic N) is 3. The summed E-state index contributed by atoms with van der Waals surface area (Å²) in [6.45, 7) is 1.67. The third-order valence-electron chi connectivity index (χ3n) is 4.01. The Morgan fingerprint density at radius 2 is 2.10 bits per heavy atom. The third-order valence-corrected chi connectivity index (χ3v) is 5.43. The molecule has 1 N–H and O–H groups in total. The maximum absolute atomic E-state index is 12.7. The van der Waals surface area contributed by atoms with E-state index in [1.807, 2.05) is 12.3 Å². The zero-order valence-corrected chi connectivity index (χ0v) is 18.3. The second-order valence-corrected chi connectivity index (χ2v) is 8.09. The van der Waals surface area contributed by atoms with Crippen LogP contribution in [0.1, 0.15) is 13.3 Å². The fraction of sp³-hybridized carbons (Fsp3) is 0.263. The standard InChI is InChI=1S/C19H18Cl2N4O4S/c1-2-7-24(10-16(26)22-14-9-12(20)5-6-13(14)21)17(27)11-25-19(28)29-18(23-25)15-4-3-8-30-15/h3-6,8-9H,2,7,10-11H2,1H3,(H,22,26). The molecule has 2 aromatic heterocycles. The van der Waals surface area contributed by atoms with Crippen LogP contribution in [0.3, 0.4) is 0 Å². The summed E-state index contributed by atoms with van der Waals surface area (Å²) in [6, 6.07) is 8.26. The lowest BCUT2D eigenvalue weighted by molar-refractivity contribution is -0.135. The Labute approximate surface area is 186 Å². The van der Waals surface area contributed by atoms with Crippen LogP contribution in [0.5, 0.6) is 0 Å². The van der Waals surface area contributed by atoms with E-state index < -0.39 is 17.6 Å². The Morgan fingerprint density at radius 1 is 1.30 bits per heavy atom. The van der Waals surface area contributed by atoms with Crippen LogP contribution in [0.4, 0.5) is 5.69 Å². The molecule has 11 heteroatoms. The summed E-state index contributed by atoms with van der Waals surface area (Å²) in [5, 5.41) is 9.29. The van der Waals surface area contributed by atoms with E-state index in [1.165, 1.54) is 22.3 Å². The van der Waals surface area contributed by atoms with Crippen LogP contribution in [0, 0.1) is 0 Å². The monoisotopic (exact) mass is 468 g/mol. The van der Waals surface area contributed by atoms with Crippen molar-refractivity contribution in [2.24, 2.45) is 0 Å². The molecular weight excluding hydrogens is 451 g/mol. The van der Waals surface area contributed by atoms with Crippen LogP contribution in [0.2, 0.25) is 10.0 Å². The van der Waals surface area contributed by atoms with E-state index >= 15 is 0 Å². The summed E-state index contributed by atoms with van der Waals surface area (Å²) < 4.78 is 6.06. The van der Waals surface area contributed by atoms with Crippen molar-refractivity contribution in [1.82, 2.24) is 14.7 Å². The van der Waals surface area contributed by atoms with Gasteiger partial charge in [-0.2, -0.15) is 4.68 Å². The van der Waals surface area contributed by atoms with Gasteiger partial charge in [-0.25, -0.2) is 4.79 Å². The van der Waals surface area contributed by atoms with E-state index in [2.05, 4.69) is 10.4 Å². The average molecular weight is 469 g/mol. The lowest BCUT2D eigenvalue weighted by Gasteiger charge is -2.21. The van der Waals surface area contributed by atoms with Gasteiger partial charge in [-0.15, -0.1) is 16.4 Å². The first-order chi connectivity index (χ1) is 14.4. The number of nitrogens with one attached hydrogen (secondary N) is 1. The molecule has 0 aliphatic heterocycles. The van der Waals surface area contributed by atoms with Crippen LogP contribution in [0.15, 0.2) is 44.9 Å². The van der Waals surface area contributed by atoms with Crippen molar-refractivity contribution in [3.8, 4) is 10.8 Å². The van der Waals surface area contributed by atoms with Gasteiger partial charge in [-0.05, 0) is 36.1 Å². The van der Waals surface area contributed by atoms with Gasteiger partial charge in [0.05, 0.1) is 22.1 Å². The molecule has 2 amide bonds. The number of aromatic nitrogens is 2. The van der Waals surface area contributed by atoms with Crippen molar-refractivity contribution in [3.63, 3.8) is 0 Å². The number of amides is 2. The number of hydrogen-bond donors (Lipinski definition) is 1. The topological polar surface area (TPSA) is 97.4 Å². The predicted molar refractivity (Wildman–Crippen MR) is 116 cm³/mol. The minimum absolute atomic E-state index is 0.151. The minimum atomic E-state index is -0.738. The Balaban J connectivity index is 1.68. The van der Waals surface area contributed by atoms with Crippen molar-refractivity contribution in [1.29, 1.82) is 0 Å². The maximum atomic E-state index is 12.7. The Hall–Kier alpha value is -2.62. The highest BCUT2D eigenvalue weighted by atomic mass is 35.5. The fourth-order valence-electron chi connectivity index (χ4n) is 2.65. The summed E-state index contributed by atoms with van der Waals surface area (Å²) in [5.74, 6) is -1.46. The molecule has 3 aromatic rings. The fourth-order valence-corrected chi connectivity index (χ4v) is 3.63. The molecule has 3 rings (SSSR count). The van der Waals surface area contributed by atoms with E-state index in [-0.39, 0.29) is 19.0 Å². The van der Waals surface area contributed by atoms with Gasteiger partial charge in [0.2, 0.25) is 11.8 Å². The van der Waals surface area contributed by atoms with E-state index in [9.17, 15) is 14.4 Å². The molecule has 0 unspecified atom stereocenters. The number of thiophene rings is 1. The molecule has 1 aromatic carbocycles. The van der Waals surface area contributed by atoms with Gasteiger partial charge in [0.25, 0.3) is 5.89 Å².